The van der Waals surface area contributed by atoms with Gasteiger partial charge >= 0.3 is 5.97 Å². The van der Waals surface area contributed by atoms with Gasteiger partial charge in [-0.1, -0.05) is 128 Å². The summed E-state index contributed by atoms with van der Waals surface area (Å²) in [5, 5.41) is 8.59. The van der Waals surface area contributed by atoms with Crippen LogP contribution in [0.1, 0.15) is 154 Å². The molecule has 0 rings (SSSR count). The second-order valence-corrected chi connectivity index (χ2v) is 9.14. The van der Waals surface area contributed by atoms with Crippen molar-refractivity contribution in [3.8, 4) is 0 Å². The second kappa shape index (κ2) is 24.2. The van der Waals surface area contributed by atoms with Crippen LogP contribution in [0.4, 0.5) is 0 Å². The maximum absolute atomic E-state index is 10.6. The second-order valence-electron chi connectivity index (χ2n) is 9.14. The summed E-state index contributed by atoms with van der Waals surface area (Å²) < 4.78 is 0. The molecule has 0 aromatic heterocycles. The van der Waals surface area contributed by atoms with E-state index in [2.05, 4.69) is 0 Å². The van der Waals surface area contributed by atoms with E-state index < -0.39 is 5.97 Å². The highest BCUT2D eigenvalue weighted by Gasteiger charge is 1.98. The summed E-state index contributed by atoms with van der Waals surface area (Å²) in [5.41, 5.74) is 5.14. The Hall–Kier alpha value is -1.06. The molecule has 0 radical (unpaired) electrons. The van der Waals surface area contributed by atoms with E-state index in [1.54, 1.807) is 0 Å². The number of hydrogen-bond donors (Lipinski definition) is 2. The molecule has 0 aliphatic heterocycles. The first-order chi connectivity index (χ1) is 14.6. The fourth-order valence-corrected chi connectivity index (χ4v) is 4.11. The van der Waals surface area contributed by atoms with Crippen molar-refractivity contribution in [1.29, 1.82) is 0 Å². The van der Waals surface area contributed by atoms with Crippen LogP contribution in [0.25, 0.3) is 0 Å². The molecule has 30 heavy (non-hydrogen) atoms. The molecule has 0 fully saturated rings. The first-order valence-corrected chi connectivity index (χ1v) is 13.1. The van der Waals surface area contributed by atoms with E-state index in [0.717, 1.165) is 25.7 Å². The molecule has 0 saturated heterocycles. The molecule has 3 N–H and O–H groups in total. The first kappa shape index (κ1) is 28.9. The van der Waals surface area contributed by atoms with Crippen LogP contribution in [0, 0.1) is 0 Å². The van der Waals surface area contributed by atoms with Crippen LogP contribution in [0.2, 0.25) is 0 Å². The molecule has 0 aliphatic rings. The van der Waals surface area contributed by atoms with E-state index in [1.807, 2.05) is 0 Å². The number of amides is 1. The molecule has 4 heteroatoms. The number of carboxylic acid groups (broad SMARTS) is 1. The highest BCUT2D eigenvalue weighted by Crippen LogP contribution is 2.15. The lowest BCUT2D eigenvalue weighted by molar-refractivity contribution is -0.137. The summed E-state index contributed by atoms with van der Waals surface area (Å²) >= 11 is 0. The van der Waals surface area contributed by atoms with Crippen LogP contribution in [-0.2, 0) is 9.59 Å². The Bertz CT molecular complexity index is 348. The largest absolute Gasteiger partial charge is 0.481 e. The van der Waals surface area contributed by atoms with Crippen LogP contribution in [0.3, 0.4) is 0 Å². The van der Waals surface area contributed by atoms with Gasteiger partial charge in [-0.25, -0.2) is 0 Å². The molecule has 0 atom stereocenters. The van der Waals surface area contributed by atoms with Crippen molar-refractivity contribution in [2.45, 2.75) is 154 Å². The highest BCUT2D eigenvalue weighted by atomic mass is 16.4. The Morgan fingerprint density at radius 3 is 0.800 bits per heavy atom. The van der Waals surface area contributed by atoms with Crippen molar-refractivity contribution in [2.24, 2.45) is 5.73 Å². The molecule has 0 aromatic rings. The van der Waals surface area contributed by atoms with Crippen molar-refractivity contribution in [2.75, 3.05) is 0 Å². The van der Waals surface area contributed by atoms with Crippen molar-refractivity contribution < 1.29 is 14.7 Å². The molecule has 0 unspecified atom stereocenters. The molecule has 0 heterocycles. The smallest absolute Gasteiger partial charge is 0.303 e. The minimum atomic E-state index is -0.660. The SMILES string of the molecule is NC(=O)CCCCCCCCCCCCCCCCCCCCCCCCC(=O)O. The average Bonchev–Trinajstić information content (AvgIpc) is 2.70. The Balaban J connectivity index is 3.02. The molecule has 1 amide bonds. The third-order valence-corrected chi connectivity index (χ3v) is 6.06. The predicted molar refractivity (Wildman–Crippen MR) is 128 cm³/mol. The van der Waals surface area contributed by atoms with Gasteiger partial charge in [0.25, 0.3) is 0 Å². The normalized spacial score (nSPS) is 11.1. The van der Waals surface area contributed by atoms with Gasteiger partial charge in [-0.2, -0.15) is 0 Å². The van der Waals surface area contributed by atoms with Crippen LogP contribution < -0.4 is 5.73 Å². The third kappa shape index (κ3) is 26.9. The number of carbonyl (C=O) groups excluding carboxylic acids is 1. The number of nitrogens with two attached hydrogens (primary N) is 1. The number of carboxylic acids is 1. The summed E-state index contributed by atoms with van der Waals surface area (Å²) in [6.45, 7) is 0. The van der Waals surface area contributed by atoms with Crippen molar-refractivity contribution in [3.63, 3.8) is 0 Å². The lowest BCUT2D eigenvalue weighted by Gasteiger charge is -2.04. The molecular weight excluding hydrogens is 374 g/mol. The van der Waals surface area contributed by atoms with Crippen molar-refractivity contribution in [1.82, 2.24) is 0 Å². The zero-order valence-corrected chi connectivity index (χ0v) is 19.8. The van der Waals surface area contributed by atoms with E-state index in [4.69, 9.17) is 10.8 Å². The van der Waals surface area contributed by atoms with Gasteiger partial charge in [0.1, 0.15) is 0 Å². The fourth-order valence-electron chi connectivity index (χ4n) is 4.11. The molecule has 0 saturated carbocycles. The maximum atomic E-state index is 10.6. The average molecular weight is 426 g/mol. The van der Waals surface area contributed by atoms with E-state index in [9.17, 15) is 9.59 Å². The van der Waals surface area contributed by atoms with Crippen molar-refractivity contribution in [3.05, 3.63) is 0 Å². The van der Waals surface area contributed by atoms with Crippen molar-refractivity contribution >= 4 is 11.9 Å². The maximum Gasteiger partial charge on any atom is 0.303 e. The predicted octanol–water partition coefficient (Wildman–Crippen LogP) is 7.92. The lowest BCUT2D eigenvalue weighted by Crippen LogP contribution is -2.09. The van der Waals surface area contributed by atoms with Crippen LogP contribution in [0.5, 0.6) is 0 Å². The number of hydrogen-bond acceptors (Lipinski definition) is 2. The number of primary amides is 1. The molecule has 0 spiro atoms. The van der Waals surface area contributed by atoms with Gasteiger partial charge < -0.3 is 10.8 Å². The summed E-state index contributed by atoms with van der Waals surface area (Å²) in [5.74, 6) is -0.822. The zero-order valence-electron chi connectivity index (χ0n) is 19.8. The van der Waals surface area contributed by atoms with Crippen LogP contribution >= 0.6 is 0 Å². The Kier molecular flexibility index (Phi) is 23.4. The topological polar surface area (TPSA) is 80.4 Å². The van der Waals surface area contributed by atoms with Gasteiger partial charge in [0.05, 0.1) is 0 Å². The Morgan fingerprint density at radius 2 is 0.600 bits per heavy atom. The third-order valence-electron chi connectivity index (χ3n) is 6.06. The number of aliphatic carboxylic acids is 1. The van der Waals surface area contributed by atoms with Gasteiger partial charge in [0.2, 0.25) is 5.91 Å². The molecule has 0 aromatic carbocycles. The highest BCUT2D eigenvalue weighted by molar-refractivity contribution is 5.73. The molecule has 0 bridgehead atoms. The van der Waals surface area contributed by atoms with Gasteiger partial charge in [0.15, 0.2) is 0 Å². The quantitative estimate of drug-likeness (QED) is 0.146. The monoisotopic (exact) mass is 425 g/mol. The first-order valence-electron chi connectivity index (χ1n) is 13.1. The van der Waals surface area contributed by atoms with Gasteiger partial charge in [-0.3, -0.25) is 9.59 Å². The minimum absolute atomic E-state index is 0.162. The van der Waals surface area contributed by atoms with Gasteiger partial charge in [-0.15, -0.1) is 0 Å². The fraction of sp³-hybridized carbons (Fsp3) is 0.923. The number of unbranched alkanes of at least 4 members (excludes halogenated alkanes) is 21. The number of carbonyl (C=O) groups is 2. The minimum Gasteiger partial charge on any atom is -0.481 e. The van der Waals surface area contributed by atoms with Gasteiger partial charge in [0, 0.05) is 12.8 Å². The zero-order chi connectivity index (χ0) is 22.1. The summed E-state index contributed by atoms with van der Waals surface area (Å²) in [4.78, 5) is 21.1. The summed E-state index contributed by atoms with van der Waals surface area (Å²) in [7, 11) is 0. The molecule has 4 nitrogen and oxygen atoms in total. The van der Waals surface area contributed by atoms with E-state index in [1.165, 1.54) is 116 Å². The lowest BCUT2D eigenvalue weighted by atomic mass is 10.0. The molecule has 0 aliphatic carbocycles. The standard InChI is InChI=1S/C26H51NO3/c27-25(28)23-21-19-17-15-13-11-9-7-5-3-1-2-4-6-8-10-12-14-16-18-20-22-24-26(29)30/h1-24H2,(H2,27,28)(H,29,30). The summed E-state index contributed by atoms with van der Waals surface area (Å²) in [6.07, 6.45) is 29.4. The molecular formula is C26H51NO3. The Morgan fingerprint density at radius 1 is 0.400 bits per heavy atom. The van der Waals surface area contributed by atoms with Crippen LogP contribution in [-0.4, -0.2) is 17.0 Å². The summed E-state index contributed by atoms with van der Waals surface area (Å²) in [6, 6.07) is 0. The van der Waals surface area contributed by atoms with E-state index in [0.29, 0.717) is 12.8 Å². The van der Waals surface area contributed by atoms with E-state index in [-0.39, 0.29) is 5.91 Å². The van der Waals surface area contributed by atoms with Crippen LogP contribution in [0.15, 0.2) is 0 Å². The number of rotatable bonds is 25. The Labute approximate surface area is 186 Å². The van der Waals surface area contributed by atoms with Gasteiger partial charge in [-0.05, 0) is 12.8 Å². The molecule has 178 valence electrons. The van der Waals surface area contributed by atoms with E-state index >= 15 is 0 Å².